The number of aryl methyl sites for hydroxylation is 2. The molecule has 1 N–H and O–H groups in total. The van der Waals surface area contributed by atoms with Gasteiger partial charge in [-0.05, 0) is 39.5 Å². The zero-order valence-corrected chi connectivity index (χ0v) is 12.9. The molecule has 1 saturated heterocycles. The minimum absolute atomic E-state index is 0.0308. The number of rotatable bonds is 4. The summed E-state index contributed by atoms with van der Waals surface area (Å²) in [6, 6.07) is -0.319. The summed E-state index contributed by atoms with van der Waals surface area (Å²) in [4.78, 5) is 26.1. The van der Waals surface area contributed by atoms with Crippen molar-refractivity contribution in [2.24, 2.45) is 0 Å². The van der Waals surface area contributed by atoms with E-state index in [1.807, 2.05) is 13.8 Å². The Balaban J connectivity index is 1.99. The normalized spacial score (nSPS) is 18.6. The zero-order chi connectivity index (χ0) is 15.4. The molecule has 6 nitrogen and oxygen atoms in total. The number of carbonyl (C=O) groups excluding carboxylic acids is 2. The average molecular weight is 293 g/mol. The van der Waals surface area contributed by atoms with Crippen molar-refractivity contribution < 1.29 is 14.1 Å². The number of hydrogen-bond donors (Lipinski definition) is 1. The lowest BCUT2D eigenvalue weighted by Crippen LogP contribution is -2.51. The number of amides is 2. The van der Waals surface area contributed by atoms with Crippen molar-refractivity contribution in [3.63, 3.8) is 0 Å². The molecule has 2 amide bonds. The highest BCUT2D eigenvalue weighted by Gasteiger charge is 2.31. The Kier molecular flexibility index (Phi) is 4.98. The first-order valence-electron chi connectivity index (χ1n) is 7.47. The summed E-state index contributed by atoms with van der Waals surface area (Å²) in [5.41, 5.74) is 1.83. The van der Waals surface area contributed by atoms with E-state index < -0.39 is 0 Å². The number of nitrogens with zero attached hydrogens (tertiary/aromatic N) is 2. The SMILES string of the molecule is CNC(=O)[C@@H]1CCCCN1C(=O)CCc1c(C)noc1C. The van der Waals surface area contributed by atoms with Gasteiger partial charge in [0.15, 0.2) is 0 Å². The molecule has 1 fully saturated rings. The second-order valence-electron chi connectivity index (χ2n) is 5.52. The highest BCUT2D eigenvalue weighted by atomic mass is 16.5. The largest absolute Gasteiger partial charge is 0.361 e. The van der Waals surface area contributed by atoms with Gasteiger partial charge in [-0.1, -0.05) is 5.16 Å². The Bertz CT molecular complexity index is 505. The first-order valence-corrected chi connectivity index (χ1v) is 7.47. The number of nitrogens with one attached hydrogen (secondary N) is 1. The third-order valence-corrected chi connectivity index (χ3v) is 4.14. The summed E-state index contributed by atoms with van der Waals surface area (Å²) in [6.45, 7) is 4.40. The van der Waals surface area contributed by atoms with Gasteiger partial charge in [-0.3, -0.25) is 9.59 Å². The summed E-state index contributed by atoms with van der Waals surface area (Å²) >= 11 is 0. The van der Waals surface area contributed by atoms with E-state index in [9.17, 15) is 9.59 Å². The molecular formula is C15H23N3O3. The van der Waals surface area contributed by atoms with Crippen molar-refractivity contribution in [1.82, 2.24) is 15.4 Å². The van der Waals surface area contributed by atoms with Crippen LogP contribution in [-0.4, -0.2) is 41.5 Å². The van der Waals surface area contributed by atoms with Crippen LogP contribution in [0.15, 0.2) is 4.52 Å². The van der Waals surface area contributed by atoms with E-state index in [2.05, 4.69) is 10.5 Å². The van der Waals surface area contributed by atoms with E-state index >= 15 is 0 Å². The standard InChI is InChI=1S/C15H23N3O3/c1-10-12(11(2)21-17-10)7-8-14(19)18-9-5-4-6-13(18)15(20)16-3/h13H,4-9H2,1-3H3,(H,16,20)/t13-/m0/s1. The van der Waals surface area contributed by atoms with Gasteiger partial charge in [-0.15, -0.1) is 0 Å². The number of carbonyl (C=O) groups is 2. The van der Waals surface area contributed by atoms with Crippen LogP contribution in [0, 0.1) is 13.8 Å². The van der Waals surface area contributed by atoms with Crippen LogP contribution >= 0.6 is 0 Å². The predicted molar refractivity (Wildman–Crippen MR) is 77.7 cm³/mol. The lowest BCUT2D eigenvalue weighted by Gasteiger charge is -2.34. The van der Waals surface area contributed by atoms with Crippen molar-refractivity contribution in [2.75, 3.05) is 13.6 Å². The van der Waals surface area contributed by atoms with Gasteiger partial charge < -0.3 is 14.7 Å². The molecule has 1 aliphatic heterocycles. The molecule has 0 aliphatic carbocycles. The van der Waals surface area contributed by atoms with Crippen molar-refractivity contribution >= 4 is 11.8 Å². The van der Waals surface area contributed by atoms with Crippen molar-refractivity contribution in [2.45, 2.75) is 52.0 Å². The predicted octanol–water partition coefficient (Wildman–Crippen LogP) is 1.35. The van der Waals surface area contributed by atoms with Gasteiger partial charge in [0.2, 0.25) is 11.8 Å². The van der Waals surface area contributed by atoms with Gasteiger partial charge in [0.05, 0.1) is 5.69 Å². The van der Waals surface area contributed by atoms with Crippen molar-refractivity contribution in [3.8, 4) is 0 Å². The van der Waals surface area contributed by atoms with Crippen molar-refractivity contribution in [3.05, 3.63) is 17.0 Å². The van der Waals surface area contributed by atoms with Gasteiger partial charge in [0.25, 0.3) is 0 Å². The molecule has 2 rings (SSSR count). The molecule has 0 bridgehead atoms. The fourth-order valence-electron chi connectivity index (χ4n) is 2.90. The van der Waals surface area contributed by atoms with Crippen LogP contribution in [0.2, 0.25) is 0 Å². The molecule has 0 radical (unpaired) electrons. The van der Waals surface area contributed by atoms with Gasteiger partial charge in [-0.2, -0.15) is 0 Å². The van der Waals surface area contributed by atoms with E-state index in [4.69, 9.17) is 4.52 Å². The Morgan fingerprint density at radius 2 is 2.14 bits per heavy atom. The summed E-state index contributed by atoms with van der Waals surface area (Å²) in [5, 5.41) is 6.55. The van der Waals surface area contributed by atoms with Gasteiger partial charge in [0, 0.05) is 25.6 Å². The molecule has 0 aromatic carbocycles. The molecule has 116 valence electrons. The minimum atomic E-state index is -0.319. The molecule has 1 aromatic rings. The number of likely N-dealkylation sites (N-methyl/N-ethyl adjacent to an activating group) is 1. The Hall–Kier alpha value is -1.85. The molecule has 6 heteroatoms. The van der Waals surface area contributed by atoms with Crippen LogP contribution in [0.1, 0.15) is 42.7 Å². The Morgan fingerprint density at radius 1 is 1.38 bits per heavy atom. The van der Waals surface area contributed by atoms with Crippen molar-refractivity contribution in [1.29, 1.82) is 0 Å². The van der Waals surface area contributed by atoms with E-state index in [1.54, 1.807) is 11.9 Å². The fourth-order valence-corrected chi connectivity index (χ4v) is 2.90. The molecule has 1 aliphatic rings. The summed E-state index contributed by atoms with van der Waals surface area (Å²) in [5.74, 6) is 0.727. The summed E-state index contributed by atoms with van der Waals surface area (Å²) < 4.78 is 5.11. The van der Waals surface area contributed by atoms with Crippen LogP contribution in [0.3, 0.4) is 0 Å². The third kappa shape index (κ3) is 3.43. The number of likely N-dealkylation sites (tertiary alicyclic amines) is 1. The van der Waals surface area contributed by atoms with Crippen LogP contribution in [-0.2, 0) is 16.0 Å². The first kappa shape index (κ1) is 15.5. The highest BCUT2D eigenvalue weighted by Crippen LogP contribution is 2.20. The molecule has 0 spiro atoms. The molecule has 2 heterocycles. The number of piperidine rings is 1. The smallest absolute Gasteiger partial charge is 0.242 e. The monoisotopic (exact) mass is 293 g/mol. The topological polar surface area (TPSA) is 75.4 Å². The second-order valence-corrected chi connectivity index (χ2v) is 5.52. The van der Waals surface area contributed by atoms with Gasteiger partial charge >= 0.3 is 0 Å². The van der Waals surface area contributed by atoms with Crippen LogP contribution < -0.4 is 5.32 Å². The molecule has 1 aromatic heterocycles. The maximum absolute atomic E-state index is 12.4. The Morgan fingerprint density at radius 3 is 2.76 bits per heavy atom. The molecule has 0 saturated carbocycles. The number of hydrogen-bond acceptors (Lipinski definition) is 4. The van der Waals surface area contributed by atoms with E-state index in [0.717, 1.165) is 36.3 Å². The molecule has 1 atom stereocenters. The lowest BCUT2D eigenvalue weighted by molar-refractivity contribution is -0.142. The third-order valence-electron chi connectivity index (χ3n) is 4.14. The molecule has 21 heavy (non-hydrogen) atoms. The van der Waals surface area contributed by atoms with E-state index in [-0.39, 0.29) is 17.9 Å². The van der Waals surface area contributed by atoms with Crippen LogP contribution in [0.25, 0.3) is 0 Å². The second kappa shape index (κ2) is 6.74. The quantitative estimate of drug-likeness (QED) is 0.909. The molecular weight excluding hydrogens is 270 g/mol. The van der Waals surface area contributed by atoms with E-state index in [0.29, 0.717) is 19.4 Å². The zero-order valence-electron chi connectivity index (χ0n) is 12.9. The average Bonchev–Trinajstić information content (AvgIpc) is 2.82. The minimum Gasteiger partial charge on any atom is -0.361 e. The first-order chi connectivity index (χ1) is 10.0. The van der Waals surface area contributed by atoms with E-state index in [1.165, 1.54) is 0 Å². The maximum Gasteiger partial charge on any atom is 0.242 e. The molecule has 0 unspecified atom stereocenters. The van der Waals surface area contributed by atoms with Gasteiger partial charge in [-0.25, -0.2) is 0 Å². The fraction of sp³-hybridized carbons (Fsp3) is 0.667. The summed E-state index contributed by atoms with van der Waals surface area (Å²) in [7, 11) is 1.61. The van der Waals surface area contributed by atoms with Gasteiger partial charge in [0.1, 0.15) is 11.8 Å². The highest BCUT2D eigenvalue weighted by molar-refractivity contribution is 5.87. The van der Waals surface area contributed by atoms with Crippen LogP contribution in [0.4, 0.5) is 0 Å². The maximum atomic E-state index is 12.4. The van der Waals surface area contributed by atoms with Crippen LogP contribution in [0.5, 0.6) is 0 Å². The Labute approximate surface area is 124 Å². The lowest BCUT2D eigenvalue weighted by atomic mass is 10.00. The summed E-state index contributed by atoms with van der Waals surface area (Å²) in [6.07, 6.45) is 3.69. The number of aromatic nitrogens is 1.